The van der Waals surface area contributed by atoms with Gasteiger partial charge in [-0.25, -0.2) is 0 Å². The summed E-state index contributed by atoms with van der Waals surface area (Å²) in [4.78, 5) is 2.46. The van der Waals surface area contributed by atoms with Crippen LogP contribution in [0.2, 0.25) is 0 Å². The molecule has 0 aliphatic rings. The molecule has 0 aromatic rings. The molecule has 0 saturated heterocycles. The van der Waals surface area contributed by atoms with Gasteiger partial charge in [0.05, 0.1) is 0 Å². The van der Waals surface area contributed by atoms with E-state index in [1.165, 1.54) is 19.3 Å². The normalized spacial score (nSPS) is 13.8. The molecule has 0 spiro atoms. The van der Waals surface area contributed by atoms with Crippen molar-refractivity contribution in [2.45, 2.75) is 39.2 Å². The quantitative estimate of drug-likeness (QED) is 0.629. The van der Waals surface area contributed by atoms with Crippen LogP contribution >= 0.6 is 0 Å². The first-order valence-electron chi connectivity index (χ1n) is 5.11. The summed E-state index contributed by atoms with van der Waals surface area (Å²) in [6, 6.07) is 0.781. The minimum absolute atomic E-state index is 0.781. The zero-order valence-electron chi connectivity index (χ0n) is 9.06. The van der Waals surface area contributed by atoms with E-state index < -0.39 is 0 Å². The van der Waals surface area contributed by atoms with Gasteiger partial charge in [-0.2, -0.15) is 0 Å². The maximum Gasteiger partial charge on any atom is 0.0107 e. The van der Waals surface area contributed by atoms with Crippen molar-refractivity contribution in [3.8, 4) is 0 Å². The van der Waals surface area contributed by atoms with Gasteiger partial charge in [-0.05, 0) is 26.9 Å². The number of nitrogens with one attached hydrogen (secondary N) is 1. The Kier molecular flexibility index (Phi) is 7.51. The third-order valence-electron chi connectivity index (χ3n) is 2.43. The standard InChI is InChI=1S/C10H24N2/c1-5-7-10(6-2)12(4)9-8-11-3/h10-11H,5-9H2,1-4H3. The Labute approximate surface area is 77.3 Å². The molecule has 12 heavy (non-hydrogen) atoms. The van der Waals surface area contributed by atoms with E-state index in [1.807, 2.05) is 7.05 Å². The van der Waals surface area contributed by atoms with Gasteiger partial charge in [-0.1, -0.05) is 20.3 Å². The van der Waals surface area contributed by atoms with Gasteiger partial charge in [0.1, 0.15) is 0 Å². The molecular weight excluding hydrogens is 148 g/mol. The Morgan fingerprint density at radius 3 is 2.42 bits per heavy atom. The first-order chi connectivity index (χ1) is 5.76. The molecule has 0 aromatic heterocycles. The Morgan fingerprint density at radius 2 is 2.00 bits per heavy atom. The van der Waals surface area contributed by atoms with Gasteiger partial charge < -0.3 is 10.2 Å². The van der Waals surface area contributed by atoms with Gasteiger partial charge in [-0.15, -0.1) is 0 Å². The van der Waals surface area contributed by atoms with Crippen molar-refractivity contribution in [1.82, 2.24) is 10.2 Å². The molecule has 1 N–H and O–H groups in total. The van der Waals surface area contributed by atoms with Gasteiger partial charge in [0.25, 0.3) is 0 Å². The largest absolute Gasteiger partial charge is 0.318 e. The smallest absolute Gasteiger partial charge is 0.0107 e. The van der Waals surface area contributed by atoms with E-state index in [0.717, 1.165) is 19.1 Å². The van der Waals surface area contributed by atoms with Crippen molar-refractivity contribution in [3.05, 3.63) is 0 Å². The number of nitrogens with zero attached hydrogens (tertiary/aromatic N) is 1. The molecule has 1 unspecified atom stereocenters. The van der Waals surface area contributed by atoms with E-state index in [4.69, 9.17) is 0 Å². The molecule has 0 radical (unpaired) electrons. The predicted molar refractivity (Wildman–Crippen MR) is 55.5 cm³/mol. The molecule has 0 saturated carbocycles. The third-order valence-corrected chi connectivity index (χ3v) is 2.43. The summed E-state index contributed by atoms with van der Waals surface area (Å²) < 4.78 is 0. The van der Waals surface area contributed by atoms with E-state index in [1.54, 1.807) is 0 Å². The molecule has 2 heteroatoms. The summed E-state index contributed by atoms with van der Waals surface area (Å²) in [6.45, 7) is 6.79. The summed E-state index contributed by atoms with van der Waals surface area (Å²) in [5, 5.41) is 3.18. The second kappa shape index (κ2) is 7.56. The summed E-state index contributed by atoms with van der Waals surface area (Å²) in [5.41, 5.74) is 0. The van der Waals surface area contributed by atoms with Crippen molar-refractivity contribution in [3.63, 3.8) is 0 Å². The van der Waals surface area contributed by atoms with Gasteiger partial charge in [0.2, 0.25) is 0 Å². The SMILES string of the molecule is CCCC(CC)N(C)CCNC. The first kappa shape index (κ1) is 11.9. The van der Waals surface area contributed by atoms with Crippen molar-refractivity contribution >= 4 is 0 Å². The first-order valence-corrected chi connectivity index (χ1v) is 5.11. The molecule has 0 heterocycles. The summed E-state index contributed by atoms with van der Waals surface area (Å²) in [5.74, 6) is 0. The van der Waals surface area contributed by atoms with E-state index in [2.05, 4.69) is 31.1 Å². The highest BCUT2D eigenvalue weighted by Gasteiger charge is 2.09. The fraction of sp³-hybridized carbons (Fsp3) is 1.00. The summed E-state index contributed by atoms with van der Waals surface area (Å²) in [6.07, 6.45) is 3.90. The average Bonchev–Trinajstić information content (AvgIpc) is 2.10. The molecule has 0 aliphatic heterocycles. The molecule has 74 valence electrons. The second-order valence-electron chi connectivity index (χ2n) is 3.43. The zero-order valence-corrected chi connectivity index (χ0v) is 9.06. The van der Waals surface area contributed by atoms with Crippen LogP contribution < -0.4 is 5.32 Å². The topological polar surface area (TPSA) is 15.3 Å². The monoisotopic (exact) mass is 172 g/mol. The molecule has 0 aliphatic carbocycles. The maximum atomic E-state index is 3.18. The Morgan fingerprint density at radius 1 is 1.33 bits per heavy atom. The van der Waals surface area contributed by atoms with E-state index in [0.29, 0.717) is 0 Å². The lowest BCUT2D eigenvalue weighted by Crippen LogP contribution is -2.35. The van der Waals surface area contributed by atoms with E-state index in [-0.39, 0.29) is 0 Å². The molecule has 1 atom stereocenters. The van der Waals surface area contributed by atoms with E-state index in [9.17, 15) is 0 Å². The van der Waals surface area contributed by atoms with Crippen LogP contribution in [0.1, 0.15) is 33.1 Å². The van der Waals surface area contributed by atoms with Crippen molar-refractivity contribution < 1.29 is 0 Å². The van der Waals surface area contributed by atoms with Gasteiger partial charge >= 0.3 is 0 Å². The lowest BCUT2D eigenvalue weighted by Gasteiger charge is -2.26. The second-order valence-corrected chi connectivity index (χ2v) is 3.43. The summed E-state index contributed by atoms with van der Waals surface area (Å²) >= 11 is 0. The predicted octanol–water partition coefficient (Wildman–Crippen LogP) is 1.72. The molecular formula is C10H24N2. The van der Waals surface area contributed by atoms with Crippen molar-refractivity contribution in [2.24, 2.45) is 0 Å². The van der Waals surface area contributed by atoms with Crippen LogP contribution in [0.25, 0.3) is 0 Å². The lowest BCUT2D eigenvalue weighted by atomic mass is 10.1. The van der Waals surface area contributed by atoms with Crippen LogP contribution in [0.15, 0.2) is 0 Å². The fourth-order valence-corrected chi connectivity index (χ4v) is 1.54. The average molecular weight is 172 g/mol. The lowest BCUT2D eigenvalue weighted by molar-refractivity contribution is 0.224. The number of hydrogen-bond donors (Lipinski definition) is 1. The minimum Gasteiger partial charge on any atom is -0.318 e. The van der Waals surface area contributed by atoms with E-state index >= 15 is 0 Å². The molecule has 0 bridgehead atoms. The number of likely N-dealkylation sites (N-methyl/N-ethyl adjacent to an activating group) is 2. The fourth-order valence-electron chi connectivity index (χ4n) is 1.54. The minimum atomic E-state index is 0.781. The number of hydrogen-bond acceptors (Lipinski definition) is 2. The van der Waals surface area contributed by atoms with Crippen molar-refractivity contribution in [2.75, 3.05) is 27.2 Å². The Balaban J connectivity index is 3.60. The Bertz CT molecular complexity index is 93.8. The van der Waals surface area contributed by atoms with Crippen LogP contribution in [0.3, 0.4) is 0 Å². The van der Waals surface area contributed by atoms with Crippen LogP contribution in [0.5, 0.6) is 0 Å². The summed E-state index contributed by atoms with van der Waals surface area (Å²) in [7, 11) is 4.23. The molecule has 0 amide bonds. The molecule has 2 nitrogen and oxygen atoms in total. The van der Waals surface area contributed by atoms with Gasteiger partial charge in [-0.3, -0.25) is 0 Å². The third kappa shape index (κ3) is 4.73. The van der Waals surface area contributed by atoms with Gasteiger partial charge in [0.15, 0.2) is 0 Å². The molecule has 0 rings (SSSR count). The zero-order chi connectivity index (χ0) is 9.40. The highest BCUT2D eigenvalue weighted by molar-refractivity contribution is 4.66. The highest BCUT2D eigenvalue weighted by Crippen LogP contribution is 2.07. The van der Waals surface area contributed by atoms with Crippen LogP contribution in [0, 0.1) is 0 Å². The van der Waals surface area contributed by atoms with Crippen LogP contribution in [-0.4, -0.2) is 38.1 Å². The number of rotatable bonds is 7. The Hall–Kier alpha value is -0.0800. The highest BCUT2D eigenvalue weighted by atomic mass is 15.1. The van der Waals surface area contributed by atoms with Crippen LogP contribution in [0.4, 0.5) is 0 Å². The van der Waals surface area contributed by atoms with Gasteiger partial charge in [0, 0.05) is 19.1 Å². The molecule has 0 fully saturated rings. The van der Waals surface area contributed by atoms with Crippen LogP contribution in [-0.2, 0) is 0 Å². The van der Waals surface area contributed by atoms with Crippen molar-refractivity contribution in [1.29, 1.82) is 0 Å². The maximum absolute atomic E-state index is 3.18. The molecule has 0 aromatic carbocycles.